The maximum Gasteiger partial charge on any atom is 0.257 e. The van der Waals surface area contributed by atoms with Gasteiger partial charge in [-0.2, -0.15) is 0 Å². The summed E-state index contributed by atoms with van der Waals surface area (Å²) in [6.45, 7) is 1.14. The zero-order chi connectivity index (χ0) is 18.0. The molecule has 1 amide bonds. The van der Waals surface area contributed by atoms with Gasteiger partial charge in [0.1, 0.15) is 0 Å². The number of halogens is 2. The van der Waals surface area contributed by atoms with Crippen molar-refractivity contribution in [2.75, 3.05) is 11.1 Å². The van der Waals surface area contributed by atoms with Crippen LogP contribution in [-0.2, 0) is 14.6 Å². The van der Waals surface area contributed by atoms with Gasteiger partial charge in [0.15, 0.2) is 15.4 Å². The standard InChI is InChI=1S/C16H15Cl2NO4S/c1-16(21,15(20)19-13-6-2-11(17)3-7-13)10-24(22,23)14-8-4-12(18)5-9-14/h2-9,21H,10H2,1H3,(H,19,20). The maximum atomic E-state index is 12.4. The van der Waals surface area contributed by atoms with Gasteiger partial charge in [0, 0.05) is 15.7 Å². The van der Waals surface area contributed by atoms with Gasteiger partial charge in [-0.25, -0.2) is 8.42 Å². The molecule has 0 aromatic heterocycles. The van der Waals surface area contributed by atoms with Crippen molar-refractivity contribution in [3.63, 3.8) is 0 Å². The minimum Gasteiger partial charge on any atom is -0.379 e. The Bertz CT molecular complexity index is 831. The summed E-state index contributed by atoms with van der Waals surface area (Å²) in [4.78, 5) is 12.2. The number of rotatable bonds is 5. The summed E-state index contributed by atoms with van der Waals surface area (Å²) in [5.74, 6) is -1.59. The van der Waals surface area contributed by atoms with E-state index in [-0.39, 0.29) is 4.90 Å². The molecule has 8 heteroatoms. The van der Waals surface area contributed by atoms with E-state index in [1.54, 1.807) is 24.3 Å². The summed E-state index contributed by atoms with van der Waals surface area (Å²) < 4.78 is 24.7. The SMILES string of the molecule is CC(O)(CS(=O)(=O)c1ccc(Cl)cc1)C(=O)Nc1ccc(Cl)cc1. The van der Waals surface area contributed by atoms with Crippen LogP contribution in [-0.4, -0.2) is 30.8 Å². The maximum absolute atomic E-state index is 12.4. The fraction of sp³-hybridized carbons (Fsp3) is 0.188. The Morgan fingerprint density at radius 1 is 1.04 bits per heavy atom. The summed E-state index contributed by atoms with van der Waals surface area (Å²) in [6.07, 6.45) is 0. The van der Waals surface area contributed by atoms with E-state index in [1.165, 1.54) is 24.3 Å². The molecule has 2 aromatic rings. The molecule has 0 aliphatic heterocycles. The molecule has 0 saturated carbocycles. The Morgan fingerprint density at radius 3 is 2.00 bits per heavy atom. The summed E-state index contributed by atoms with van der Waals surface area (Å²) in [5.41, 5.74) is -1.72. The van der Waals surface area contributed by atoms with Crippen molar-refractivity contribution >= 4 is 44.6 Å². The number of hydrogen-bond donors (Lipinski definition) is 2. The van der Waals surface area contributed by atoms with Gasteiger partial charge < -0.3 is 10.4 Å². The third-order valence-electron chi connectivity index (χ3n) is 3.24. The second kappa shape index (κ2) is 7.11. The fourth-order valence-electron chi connectivity index (χ4n) is 1.96. The monoisotopic (exact) mass is 387 g/mol. The molecule has 2 aromatic carbocycles. The molecule has 1 unspecified atom stereocenters. The highest BCUT2D eigenvalue weighted by Gasteiger charge is 2.36. The molecule has 24 heavy (non-hydrogen) atoms. The van der Waals surface area contributed by atoms with Crippen molar-refractivity contribution < 1.29 is 18.3 Å². The average Bonchev–Trinajstić information content (AvgIpc) is 2.49. The first-order valence-corrected chi connectivity index (χ1v) is 9.29. The molecule has 0 saturated heterocycles. The van der Waals surface area contributed by atoms with Crippen LogP contribution in [0.25, 0.3) is 0 Å². The zero-order valence-corrected chi connectivity index (χ0v) is 15.0. The molecule has 0 heterocycles. The highest BCUT2D eigenvalue weighted by atomic mass is 35.5. The first-order valence-electron chi connectivity index (χ1n) is 6.88. The first kappa shape index (κ1) is 18.7. The van der Waals surface area contributed by atoms with Gasteiger partial charge in [-0.05, 0) is 55.5 Å². The van der Waals surface area contributed by atoms with Crippen LogP contribution in [0.4, 0.5) is 5.69 Å². The Labute approximate surface area is 150 Å². The van der Waals surface area contributed by atoms with Gasteiger partial charge in [0.2, 0.25) is 0 Å². The van der Waals surface area contributed by atoms with Crippen LogP contribution in [0.1, 0.15) is 6.92 Å². The fourth-order valence-corrected chi connectivity index (χ4v) is 3.80. The van der Waals surface area contributed by atoms with E-state index in [9.17, 15) is 18.3 Å². The molecule has 0 bridgehead atoms. The van der Waals surface area contributed by atoms with Crippen LogP contribution >= 0.6 is 23.2 Å². The smallest absolute Gasteiger partial charge is 0.257 e. The second-order valence-electron chi connectivity index (χ2n) is 5.45. The molecule has 0 aliphatic carbocycles. The molecule has 2 N–H and O–H groups in total. The number of nitrogens with one attached hydrogen (secondary N) is 1. The molecular weight excluding hydrogens is 373 g/mol. The molecule has 0 spiro atoms. The van der Waals surface area contributed by atoms with Crippen molar-refractivity contribution in [1.29, 1.82) is 0 Å². The normalized spacial score (nSPS) is 14.0. The second-order valence-corrected chi connectivity index (χ2v) is 8.31. The van der Waals surface area contributed by atoms with Crippen molar-refractivity contribution in [3.05, 3.63) is 58.6 Å². The number of benzene rings is 2. The van der Waals surface area contributed by atoms with Crippen LogP contribution in [0.3, 0.4) is 0 Å². The molecule has 0 radical (unpaired) electrons. The molecule has 128 valence electrons. The molecule has 2 rings (SSSR count). The van der Waals surface area contributed by atoms with Crippen molar-refractivity contribution in [2.45, 2.75) is 17.4 Å². The lowest BCUT2D eigenvalue weighted by Gasteiger charge is -2.22. The van der Waals surface area contributed by atoms with E-state index >= 15 is 0 Å². The van der Waals surface area contributed by atoms with E-state index in [1.807, 2.05) is 0 Å². The number of hydrogen-bond acceptors (Lipinski definition) is 4. The number of carbonyl (C=O) groups is 1. The van der Waals surface area contributed by atoms with Crippen molar-refractivity contribution in [3.8, 4) is 0 Å². The third-order valence-corrected chi connectivity index (χ3v) is 5.67. The minimum atomic E-state index is -3.87. The Hall–Kier alpha value is -1.60. The van der Waals surface area contributed by atoms with Crippen LogP contribution < -0.4 is 5.32 Å². The first-order chi connectivity index (χ1) is 11.1. The third kappa shape index (κ3) is 4.70. The van der Waals surface area contributed by atoms with E-state index < -0.39 is 27.1 Å². The van der Waals surface area contributed by atoms with Crippen molar-refractivity contribution in [2.24, 2.45) is 0 Å². The largest absolute Gasteiger partial charge is 0.379 e. The van der Waals surface area contributed by atoms with Gasteiger partial charge in [-0.3, -0.25) is 4.79 Å². The molecule has 1 atom stereocenters. The summed E-state index contributed by atoms with van der Waals surface area (Å²) in [6, 6.07) is 11.7. The number of anilines is 1. The quantitative estimate of drug-likeness (QED) is 0.824. The topological polar surface area (TPSA) is 83.5 Å². The molecule has 5 nitrogen and oxygen atoms in total. The van der Waals surface area contributed by atoms with E-state index in [4.69, 9.17) is 23.2 Å². The van der Waals surface area contributed by atoms with E-state index in [0.29, 0.717) is 15.7 Å². The van der Waals surface area contributed by atoms with Gasteiger partial charge in [0.05, 0.1) is 10.6 Å². The highest BCUT2D eigenvalue weighted by molar-refractivity contribution is 7.91. The lowest BCUT2D eigenvalue weighted by molar-refractivity contribution is -0.130. The predicted molar refractivity (Wildman–Crippen MR) is 94.2 cm³/mol. The Morgan fingerprint density at radius 2 is 1.50 bits per heavy atom. The van der Waals surface area contributed by atoms with Crippen LogP contribution in [0.15, 0.2) is 53.4 Å². The Balaban J connectivity index is 2.15. The number of amides is 1. The lowest BCUT2D eigenvalue weighted by atomic mass is 10.1. The van der Waals surface area contributed by atoms with E-state index in [2.05, 4.69) is 5.32 Å². The number of aliphatic hydroxyl groups is 1. The molecule has 0 aliphatic rings. The summed E-state index contributed by atoms with van der Waals surface area (Å²) in [7, 11) is -3.87. The summed E-state index contributed by atoms with van der Waals surface area (Å²) >= 11 is 11.5. The van der Waals surface area contributed by atoms with Crippen molar-refractivity contribution in [1.82, 2.24) is 0 Å². The van der Waals surface area contributed by atoms with Crippen LogP contribution in [0.2, 0.25) is 10.0 Å². The van der Waals surface area contributed by atoms with Gasteiger partial charge in [-0.15, -0.1) is 0 Å². The Kier molecular flexibility index (Phi) is 5.55. The molecule has 0 fully saturated rings. The summed E-state index contributed by atoms with van der Waals surface area (Å²) in [5, 5.41) is 13.6. The number of sulfone groups is 1. The van der Waals surface area contributed by atoms with Crippen LogP contribution in [0, 0.1) is 0 Å². The highest BCUT2D eigenvalue weighted by Crippen LogP contribution is 2.21. The van der Waals surface area contributed by atoms with Gasteiger partial charge >= 0.3 is 0 Å². The lowest BCUT2D eigenvalue weighted by Crippen LogP contribution is -2.45. The van der Waals surface area contributed by atoms with E-state index in [0.717, 1.165) is 6.92 Å². The van der Waals surface area contributed by atoms with Crippen LogP contribution in [0.5, 0.6) is 0 Å². The minimum absolute atomic E-state index is 0.0218. The molecular formula is C16H15Cl2NO4S. The van der Waals surface area contributed by atoms with Gasteiger partial charge in [0.25, 0.3) is 5.91 Å². The number of carbonyl (C=O) groups excluding carboxylic acids is 1. The van der Waals surface area contributed by atoms with Gasteiger partial charge in [-0.1, -0.05) is 23.2 Å². The predicted octanol–water partition coefficient (Wildman–Crippen LogP) is 3.16. The zero-order valence-electron chi connectivity index (χ0n) is 12.7. The average molecular weight is 388 g/mol.